The van der Waals surface area contributed by atoms with Gasteiger partial charge in [0.1, 0.15) is 11.8 Å². The first-order valence-corrected chi connectivity index (χ1v) is 5.72. The van der Waals surface area contributed by atoms with Crippen molar-refractivity contribution in [2.24, 2.45) is 0 Å². The van der Waals surface area contributed by atoms with E-state index in [-0.39, 0.29) is 12.2 Å². The number of allylic oxidation sites excluding steroid dienone is 2. The second-order valence-corrected chi connectivity index (χ2v) is 3.90. The zero-order chi connectivity index (χ0) is 12.7. The minimum Gasteiger partial charge on any atom is -0.464 e. The van der Waals surface area contributed by atoms with Crippen LogP contribution in [0.15, 0.2) is 12.2 Å². The number of ether oxygens (including phenoxy) is 1. The molecule has 0 spiro atoms. The lowest BCUT2D eigenvalue weighted by atomic mass is 10.1. The van der Waals surface area contributed by atoms with E-state index in [1.54, 1.807) is 0 Å². The highest BCUT2D eigenvalue weighted by atomic mass is 16.5. The van der Waals surface area contributed by atoms with Gasteiger partial charge in [-0.2, -0.15) is 0 Å². The van der Waals surface area contributed by atoms with Crippen LogP contribution >= 0.6 is 0 Å². The minimum absolute atomic E-state index is 0.119. The Balaban J connectivity index is 2.24. The third kappa shape index (κ3) is 4.80. The summed E-state index contributed by atoms with van der Waals surface area (Å²) in [5, 5.41) is 2.50. The van der Waals surface area contributed by atoms with E-state index < -0.39 is 17.9 Å². The molecule has 1 aliphatic rings. The van der Waals surface area contributed by atoms with Crippen LogP contribution in [0.4, 0.5) is 0 Å². The highest BCUT2D eigenvalue weighted by Gasteiger charge is 2.28. The van der Waals surface area contributed by atoms with Gasteiger partial charge in [-0.05, 0) is 13.3 Å². The van der Waals surface area contributed by atoms with Crippen molar-refractivity contribution in [1.82, 2.24) is 5.32 Å². The summed E-state index contributed by atoms with van der Waals surface area (Å²) < 4.78 is 4.70. The van der Waals surface area contributed by atoms with E-state index in [4.69, 9.17) is 4.74 Å². The molecule has 1 aliphatic heterocycles. The Morgan fingerprint density at radius 3 is 2.88 bits per heavy atom. The minimum atomic E-state index is -0.578. The van der Waals surface area contributed by atoms with E-state index in [9.17, 15) is 14.4 Å². The molecule has 0 radical (unpaired) electrons. The molecule has 1 N–H and O–H groups in total. The smallest absolute Gasteiger partial charge is 0.328 e. The maximum atomic E-state index is 11.4. The third-order valence-corrected chi connectivity index (χ3v) is 2.45. The Bertz CT molecular complexity index is 335. The molecule has 1 fully saturated rings. The van der Waals surface area contributed by atoms with Crippen molar-refractivity contribution in [3.8, 4) is 0 Å². The van der Waals surface area contributed by atoms with Crippen LogP contribution in [-0.4, -0.2) is 30.3 Å². The number of Topliss-reactive ketones (excluding diaryl/α,β-unsaturated/α-hetero) is 1. The van der Waals surface area contributed by atoms with Crippen LogP contribution < -0.4 is 5.32 Å². The number of amides is 1. The molecule has 0 aromatic carbocycles. The maximum absolute atomic E-state index is 11.4. The first kappa shape index (κ1) is 13.4. The number of rotatable bonds is 6. The summed E-state index contributed by atoms with van der Waals surface area (Å²) in [6, 6.07) is -0.578. The van der Waals surface area contributed by atoms with Gasteiger partial charge in [0.05, 0.1) is 13.0 Å². The lowest BCUT2D eigenvalue weighted by Crippen LogP contribution is -2.38. The highest BCUT2D eigenvalue weighted by Crippen LogP contribution is 2.06. The second-order valence-electron chi connectivity index (χ2n) is 3.90. The molecular formula is C12H17NO4. The van der Waals surface area contributed by atoms with Gasteiger partial charge in [0, 0.05) is 12.8 Å². The molecule has 1 atom stereocenters. The van der Waals surface area contributed by atoms with Crippen molar-refractivity contribution in [2.45, 2.75) is 38.6 Å². The summed E-state index contributed by atoms with van der Waals surface area (Å²) in [5.41, 5.74) is 0. The molecule has 0 saturated carbocycles. The number of carbonyl (C=O) groups excluding carboxylic acids is 3. The van der Waals surface area contributed by atoms with E-state index in [1.807, 2.05) is 19.1 Å². The van der Waals surface area contributed by atoms with Gasteiger partial charge in [-0.15, -0.1) is 0 Å². The Morgan fingerprint density at radius 1 is 1.53 bits per heavy atom. The molecular weight excluding hydrogens is 222 g/mol. The molecule has 1 heterocycles. The number of ketones is 1. The van der Waals surface area contributed by atoms with E-state index in [0.717, 1.165) is 0 Å². The molecule has 0 bridgehead atoms. The molecule has 94 valence electrons. The Hall–Kier alpha value is -1.65. The Kier molecular flexibility index (Phi) is 5.39. The van der Waals surface area contributed by atoms with Gasteiger partial charge in [-0.25, -0.2) is 4.79 Å². The molecule has 1 rings (SSSR count). The first-order valence-electron chi connectivity index (χ1n) is 5.72. The first-order chi connectivity index (χ1) is 8.13. The molecule has 0 aromatic rings. The van der Waals surface area contributed by atoms with Crippen LogP contribution in [0.1, 0.15) is 32.6 Å². The van der Waals surface area contributed by atoms with E-state index in [1.165, 1.54) is 0 Å². The van der Waals surface area contributed by atoms with Gasteiger partial charge in [0.15, 0.2) is 0 Å². The number of hydrogen-bond acceptors (Lipinski definition) is 4. The number of cyclic esters (lactones) is 1. The summed E-state index contributed by atoms with van der Waals surface area (Å²) in [6.07, 6.45) is 5.06. The van der Waals surface area contributed by atoms with Crippen LogP contribution in [0.3, 0.4) is 0 Å². The summed E-state index contributed by atoms with van der Waals surface area (Å²) in [4.78, 5) is 33.9. The van der Waals surface area contributed by atoms with Crippen molar-refractivity contribution in [1.29, 1.82) is 0 Å². The predicted molar refractivity (Wildman–Crippen MR) is 61.2 cm³/mol. The fourth-order valence-electron chi connectivity index (χ4n) is 1.55. The van der Waals surface area contributed by atoms with Crippen LogP contribution in [0.25, 0.3) is 0 Å². The second kappa shape index (κ2) is 6.83. The van der Waals surface area contributed by atoms with Gasteiger partial charge in [-0.1, -0.05) is 12.2 Å². The Morgan fingerprint density at radius 2 is 2.29 bits per heavy atom. The van der Waals surface area contributed by atoms with Crippen molar-refractivity contribution >= 4 is 17.7 Å². The van der Waals surface area contributed by atoms with Crippen molar-refractivity contribution in [3.63, 3.8) is 0 Å². The lowest BCUT2D eigenvalue weighted by Gasteiger charge is -2.07. The van der Waals surface area contributed by atoms with Crippen molar-refractivity contribution < 1.29 is 19.1 Å². The monoisotopic (exact) mass is 239 g/mol. The standard InChI is InChI=1S/C12H17NO4/c1-2-3-4-5-9(14)8-11(15)13-10-6-7-17-12(10)16/h2-3,10H,4-8H2,1H3,(H,13,15)/b3-2+/t10-/m0/s1. The SMILES string of the molecule is C/C=C/CCC(=O)CC(=O)N[C@H]1CCOC1=O. The number of carbonyl (C=O) groups is 3. The van der Waals surface area contributed by atoms with E-state index in [0.29, 0.717) is 25.9 Å². The molecule has 5 nitrogen and oxygen atoms in total. The van der Waals surface area contributed by atoms with Crippen molar-refractivity contribution in [2.75, 3.05) is 6.61 Å². The fourth-order valence-corrected chi connectivity index (χ4v) is 1.55. The largest absolute Gasteiger partial charge is 0.464 e. The lowest BCUT2D eigenvalue weighted by molar-refractivity contribution is -0.142. The average molecular weight is 239 g/mol. The van der Waals surface area contributed by atoms with Gasteiger partial charge in [0.2, 0.25) is 5.91 Å². The molecule has 17 heavy (non-hydrogen) atoms. The molecule has 0 aromatic heterocycles. The molecule has 5 heteroatoms. The molecule has 1 amide bonds. The zero-order valence-electron chi connectivity index (χ0n) is 9.90. The van der Waals surface area contributed by atoms with E-state index >= 15 is 0 Å². The van der Waals surface area contributed by atoms with Crippen molar-refractivity contribution in [3.05, 3.63) is 12.2 Å². The summed E-state index contributed by atoms with van der Waals surface area (Å²) >= 11 is 0. The van der Waals surface area contributed by atoms with Crippen LogP contribution in [0, 0.1) is 0 Å². The topological polar surface area (TPSA) is 72.5 Å². The number of nitrogens with one attached hydrogen (secondary N) is 1. The summed E-state index contributed by atoms with van der Waals surface area (Å²) in [7, 11) is 0. The Labute approximate surface area is 100 Å². The van der Waals surface area contributed by atoms with Crippen LogP contribution in [-0.2, 0) is 19.1 Å². The van der Waals surface area contributed by atoms with Gasteiger partial charge in [0.25, 0.3) is 0 Å². The summed E-state index contributed by atoms with van der Waals surface area (Å²) in [5.74, 6) is -0.939. The number of esters is 1. The average Bonchev–Trinajstić information content (AvgIpc) is 2.64. The summed E-state index contributed by atoms with van der Waals surface area (Å²) in [6.45, 7) is 2.21. The number of hydrogen-bond donors (Lipinski definition) is 1. The highest BCUT2D eigenvalue weighted by molar-refractivity contribution is 5.99. The predicted octanol–water partition coefficient (Wildman–Crippen LogP) is 0.734. The van der Waals surface area contributed by atoms with Gasteiger partial charge in [-0.3, -0.25) is 9.59 Å². The van der Waals surface area contributed by atoms with Crippen LogP contribution in [0.2, 0.25) is 0 Å². The zero-order valence-corrected chi connectivity index (χ0v) is 9.90. The maximum Gasteiger partial charge on any atom is 0.328 e. The van der Waals surface area contributed by atoms with Crippen LogP contribution in [0.5, 0.6) is 0 Å². The normalized spacial score (nSPS) is 19.4. The fraction of sp³-hybridized carbons (Fsp3) is 0.583. The quantitative estimate of drug-likeness (QED) is 0.421. The molecule has 0 aliphatic carbocycles. The third-order valence-electron chi connectivity index (χ3n) is 2.45. The van der Waals surface area contributed by atoms with Gasteiger partial charge >= 0.3 is 5.97 Å². The van der Waals surface area contributed by atoms with Gasteiger partial charge < -0.3 is 10.1 Å². The molecule has 1 saturated heterocycles. The van der Waals surface area contributed by atoms with E-state index in [2.05, 4.69) is 5.32 Å². The molecule has 0 unspecified atom stereocenters.